The van der Waals surface area contributed by atoms with Crippen LogP contribution < -0.4 is 10.7 Å². The number of hydrogen-bond acceptors (Lipinski definition) is 4. The summed E-state index contributed by atoms with van der Waals surface area (Å²) in [6.45, 7) is 2.17. The van der Waals surface area contributed by atoms with E-state index >= 15 is 0 Å². The third-order valence-electron chi connectivity index (χ3n) is 2.69. The first kappa shape index (κ1) is 13.7. The van der Waals surface area contributed by atoms with Gasteiger partial charge in [-0.15, -0.1) is 0 Å². The Balaban J connectivity index is 1.79. The minimum absolute atomic E-state index is 0.179. The van der Waals surface area contributed by atoms with E-state index in [2.05, 4.69) is 20.8 Å². The van der Waals surface area contributed by atoms with Crippen LogP contribution in [-0.4, -0.2) is 23.7 Å². The van der Waals surface area contributed by atoms with Gasteiger partial charge in [-0.25, -0.2) is 5.43 Å². The Morgan fingerprint density at radius 2 is 2.00 bits per heavy atom. The minimum Gasteiger partial charge on any atom is -0.376 e. The number of rotatable bonds is 5. The van der Waals surface area contributed by atoms with Gasteiger partial charge in [0.1, 0.15) is 0 Å². The first-order valence-corrected chi connectivity index (χ1v) is 6.27. The molecule has 0 aliphatic carbocycles. The minimum atomic E-state index is -0.196. The highest BCUT2D eigenvalue weighted by Gasteiger charge is 2.00. The predicted molar refractivity (Wildman–Crippen MR) is 79.6 cm³/mol. The molecule has 1 aromatic heterocycles. The Labute approximate surface area is 117 Å². The number of aryl methyl sites for hydroxylation is 1. The van der Waals surface area contributed by atoms with Crippen molar-refractivity contribution in [1.82, 2.24) is 10.4 Å². The van der Waals surface area contributed by atoms with Gasteiger partial charge in [0, 0.05) is 18.1 Å². The Kier molecular flexibility index (Phi) is 4.83. The predicted octanol–water partition coefficient (Wildman–Crippen LogP) is 1.95. The maximum Gasteiger partial charge on any atom is 0.259 e. The molecule has 1 amide bonds. The number of benzene rings is 1. The number of hydrogen-bond donors (Lipinski definition) is 2. The van der Waals surface area contributed by atoms with Crippen LogP contribution in [-0.2, 0) is 4.79 Å². The lowest BCUT2D eigenvalue weighted by Crippen LogP contribution is -2.26. The standard InChI is InChI=1S/C15H16N4O/c1-12-4-2-3-5-14(12)17-11-15(20)19-18-10-13-6-8-16-9-7-13/h2-10,17H,11H2,1H3,(H,19,20)/b18-10+. The third kappa shape index (κ3) is 4.20. The van der Waals surface area contributed by atoms with Gasteiger partial charge in [-0.1, -0.05) is 18.2 Å². The van der Waals surface area contributed by atoms with Gasteiger partial charge >= 0.3 is 0 Å². The molecule has 2 N–H and O–H groups in total. The van der Waals surface area contributed by atoms with Crippen molar-refractivity contribution in [2.24, 2.45) is 5.10 Å². The second kappa shape index (κ2) is 7.04. The molecule has 102 valence electrons. The number of anilines is 1. The molecule has 0 aliphatic heterocycles. The van der Waals surface area contributed by atoms with Gasteiger partial charge in [0.2, 0.25) is 0 Å². The average Bonchev–Trinajstić information content (AvgIpc) is 2.47. The number of para-hydroxylation sites is 1. The number of aromatic nitrogens is 1. The van der Waals surface area contributed by atoms with Crippen LogP contribution in [0.1, 0.15) is 11.1 Å². The molecule has 5 nitrogen and oxygen atoms in total. The lowest BCUT2D eigenvalue weighted by molar-refractivity contribution is -0.119. The van der Waals surface area contributed by atoms with E-state index in [9.17, 15) is 4.79 Å². The van der Waals surface area contributed by atoms with Gasteiger partial charge in [0.05, 0.1) is 12.8 Å². The van der Waals surface area contributed by atoms with E-state index in [4.69, 9.17) is 0 Å². The molecule has 20 heavy (non-hydrogen) atoms. The number of nitrogens with zero attached hydrogens (tertiary/aromatic N) is 2. The van der Waals surface area contributed by atoms with E-state index < -0.39 is 0 Å². The Hall–Kier alpha value is -2.69. The third-order valence-corrected chi connectivity index (χ3v) is 2.69. The molecule has 1 aromatic carbocycles. The number of carbonyl (C=O) groups excluding carboxylic acids is 1. The number of carbonyl (C=O) groups is 1. The van der Waals surface area contributed by atoms with Crippen molar-refractivity contribution in [2.75, 3.05) is 11.9 Å². The van der Waals surface area contributed by atoms with Crippen LogP contribution in [0.2, 0.25) is 0 Å². The van der Waals surface area contributed by atoms with Crippen molar-refractivity contribution in [3.63, 3.8) is 0 Å². The smallest absolute Gasteiger partial charge is 0.259 e. The molecule has 0 fully saturated rings. The molecule has 1 heterocycles. The summed E-state index contributed by atoms with van der Waals surface area (Å²) in [6.07, 6.45) is 4.92. The van der Waals surface area contributed by atoms with E-state index in [0.717, 1.165) is 16.8 Å². The van der Waals surface area contributed by atoms with Crippen LogP contribution in [0.25, 0.3) is 0 Å². The molecule has 0 saturated carbocycles. The van der Waals surface area contributed by atoms with Crippen LogP contribution in [0.4, 0.5) is 5.69 Å². The van der Waals surface area contributed by atoms with Crippen molar-refractivity contribution in [3.8, 4) is 0 Å². The highest BCUT2D eigenvalue weighted by Crippen LogP contribution is 2.12. The number of pyridine rings is 1. The lowest BCUT2D eigenvalue weighted by atomic mass is 10.2. The zero-order chi connectivity index (χ0) is 14.2. The SMILES string of the molecule is Cc1ccccc1NCC(=O)N/N=C/c1ccncc1. The maximum atomic E-state index is 11.6. The topological polar surface area (TPSA) is 66.4 Å². The van der Waals surface area contributed by atoms with E-state index in [-0.39, 0.29) is 12.5 Å². The van der Waals surface area contributed by atoms with Crippen LogP contribution in [0, 0.1) is 6.92 Å². The van der Waals surface area contributed by atoms with Crippen molar-refractivity contribution in [2.45, 2.75) is 6.92 Å². The summed E-state index contributed by atoms with van der Waals surface area (Å²) in [5.74, 6) is -0.196. The Morgan fingerprint density at radius 1 is 1.25 bits per heavy atom. The fourth-order valence-electron chi connectivity index (χ4n) is 1.61. The monoisotopic (exact) mass is 268 g/mol. The van der Waals surface area contributed by atoms with Crippen molar-refractivity contribution in [3.05, 3.63) is 59.9 Å². The van der Waals surface area contributed by atoms with Gasteiger partial charge in [-0.05, 0) is 36.2 Å². The van der Waals surface area contributed by atoms with Crippen LogP contribution in [0.3, 0.4) is 0 Å². The molecular formula is C15H16N4O. The molecule has 0 aliphatic rings. The molecule has 0 saturated heterocycles. The average molecular weight is 268 g/mol. The second-order valence-corrected chi connectivity index (χ2v) is 4.24. The van der Waals surface area contributed by atoms with Gasteiger partial charge in [0.15, 0.2) is 0 Å². The van der Waals surface area contributed by atoms with Crippen molar-refractivity contribution >= 4 is 17.8 Å². The summed E-state index contributed by atoms with van der Waals surface area (Å²) in [7, 11) is 0. The fourth-order valence-corrected chi connectivity index (χ4v) is 1.61. The summed E-state index contributed by atoms with van der Waals surface area (Å²) in [5, 5.41) is 6.95. The zero-order valence-electron chi connectivity index (χ0n) is 11.2. The highest BCUT2D eigenvalue weighted by molar-refractivity contribution is 5.84. The number of amides is 1. The molecule has 0 spiro atoms. The van der Waals surface area contributed by atoms with Gasteiger partial charge in [-0.3, -0.25) is 9.78 Å². The number of hydrazone groups is 1. The molecule has 0 bridgehead atoms. The van der Waals surface area contributed by atoms with Crippen LogP contribution >= 0.6 is 0 Å². The molecular weight excluding hydrogens is 252 g/mol. The van der Waals surface area contributed by atoms with E-state index in [1.807, 2.05) is 31.2 Å². The first-order chi connectivity index (χ1) is 9.75. The Morgan fingerprint density at radius 3 is 2.75 bits per heavy atom. The van der Waals surface area contributed by atoms with Crippen molar-refractivity contribution in [1.29, 1.82) is 0 Å². The van der Waals surface area contributed by atoms with Gasteiger partial charge in [-0.2, -0.15) is 5.10 Å². The summed E-state index contributed by atoms with van der Waals surface area (Å²) < 4.78 is 0. The molecule has 0 atom stereocenters. The quantitative estimate of drug-likeness (QED) is 0.643. The molecule has 5 heteroatoms. The maximum absolute atomic E-state index is 11.6. The van der Waals surface area contributed by atoms with Crippen molar-refractivity contribution < 1.29 is 4.79 Å². The fraction of sp³-hybridized carbons (Fsp3) is 0.133. The highest BCUT2D eigenvalue weighted by atomic mass is 16.2. The zero-order valence-corrected chi connectivity index (χ0v) is 11.2. The number of nitrogens with one attached hydrogen (secondary N) is 2. The summed E-state index contributed by atoms with van der Waals surface area (Å²) in [6, 6.07) is 11.4. The molecule has 2 aromatic rings. The van der Waals surface area contributed by atoms with E-state index in [0.29, 0.717) is 0 Å². The normalized spacial score (nSPS) is 10.4. The van der Waals surface area contributed by atoms with Crippen LogP contribution in [0.15, 0.2) is 53.9 Å². The lowest BCUT2D eigenvalue weighted by Gasteiger charge is -2.07. The largest absolute Gasteiger partial charge is 0.376 e. The first-order valence-electron chi connectivity index (χ1n) is 6.27. The molecule has 2 rings (SSSR count). The van der Waals surface area contributed by atoms with E-state index in [1.54, 1.807) is 30.7 Å². The Bertz CT molecular complexity index is 596. The van der Waals surface area contributed by atoms with E-state index in [1.165, 1.54) is 0 Å². The van der Waals surface area contributed by atoms with Gasteiger partial charge in [0.25, 0.3) is 5.91 Å². The molecule has 0 unspecified atom stereocenters. The van der Waals surface area contributed by atoms with Gasteiger partial charge < -0.3 is 5.32 Å². The summed E-state index contributed by atoms with van der Waals surface area (Å²) in [5.41, 5.74) is 5.39. The summed E-state index contributed by atoms with van der Waals surface area (Å²) in [4.78, 5) is 15.5. The summed E-state index contributed by atoms with van der Waals surface area (Å²) >= 11 is 0. The van der Waals surface area contributed by atoms with Crippen LogP contribution in [0.5, 0.6) is 0 Å². The molecule has 0 radical (unpaired) electrons. The second-order valence-electron chi connectivity index (χ2n) is 4.24.